The average molecular weight is 277 g/mol. The van der Waals surface area contributed by atoms with Crippen molar-refractivity contribution < 1.29 is 4.79 Å². The molecule has 3 N–H and O–H groups in total. The van der Waals surface area contributed by atoms with Crippen LogP contribution in [0.1, 0.15) is 6.92 Å². The second kappa shape index (κ2) is 6.24. The molecule has 19 heavy (non-hydrogen) atoms. The van der Waals surface area contributed by atoms with Crippen LogP contribution >= 0.6 is 11.8 Å². The molecular weight excluding hydrogens is 262 g/mol. The Balaban J connectivity index is 1.98. The number of nitrogen functional groups attached to an aromatic ring is 1. The summed E-state index contributed by atoms with van der Waals surface area (Å²) in [5, 5.41) is 6.90. The quantitative estimate of drug-likeness (QED) is 0.809. The molecule has 0 saturated carbocycles. The zero-order valence-corrected chi connectivity index (χ0v) is 11.4. The molecule has 2 aromatic rings. The van der Waals surface area contributed by atoms with Crippen LogP contribution in [0.2, 0.25) is 0 Å². The summed E-state index contributed by atoms with van der Waals surface area (Å²) < 4.78 is 0. The van der Waals surface area contributed by atoms with Crippen molar-refractivity contribution in [2.45, 2.75) is 12.1 Å². The third-order valence-electron chi connectivity index (χ3n) is 2.49. The lowest BCUT2D eigenvalue weighted by atomic mass is 10.3. The van der Waals surface area contributed by atoms with Gasteiger partial charge in [0.15, 0.2) is 0 Å². The van der Waals surface area contributed by atoms with Crippen molar-refractivity contribution in [2.75, 3.05) is 22.9 Å². The maximum Gasteiger partial charge on any atom is 0.237 e. The van der Waals surface area contributed by atoms with Gasteiger partial charge in [-0.15, -0.1) is 5.10 Å². The summed E-state index contributed by atoms with van der Waals surface area (Å²) in [6.07, 6.45) is 0. The van der Waals surface area contributed by atoms with E-state index in [1.165, 1.54) is 11.8 Å². The van der Waals surface area contributed by atoms with Crippen LogP contribution in [0.5, 0.6) is 0 Å². The number of nitrogens with zero attached hydrogens (tertiary/aromatic N) is 3. The molecule has 1 aromatic carbocycles. The fourth-order valence-corrected chi connectivity index (χ4v) is 2.32. The van der Waals surface area contributed by atoms with Gasteiger partial charge in [-0.25, -0.2) is 5.10 Å². The number of H-pyrrole nitrogens is 1. The number of benzene rings is 1. The van der Waals surface area contributed by atoms with Gasteiger partial charge in [-0.1, -0.05) is 30.0 Å². The Labute approximate surface area is 115 Å². The summed E-state index contributed by atoms with van der Waals surface area (Å²) in [5.41, 5.74) is 6.32. The lowest BCUT2D eigenvalue weighted by molar-refractivity contribution is -0.116. The zero-order valence-electron chi connectivity index (χ0n) is 10.5. The van der Waals surface area contributed by atoms with Crippen molar-refractivity contribution in [1.82, 2.24) is 15.2 Å². The Morgan fingerprint density at radius 1 is 1.42 bits per heavy atom. The van der Waals surface area contributed by atoms with E-state index >= 15 is 0 Å². The average Bonchev–Trinajstić information content (AvgIpc) is 2.84. The van der Waals surface area contributed by atoms with Crippen LogP contribution in [0.4, 0.5) is 11.6 Å². The van der Waals surface area contributed by atoms with Gasteiger partial charge in [-0.3, -0.25) is 4.79 Å². The molecule has 100 valence electrons. The molecule has 0 bridgehead atoms. The van der Waals surface area contributed by atoms with Gasteiger partial charge in [0.2, 0.25) is 17.0 Å². The highest BCUT2D eigenvalue weighted by molar-refractivity contribution is 7.99. The van der Waals surface area contributed by atoms with Gasteiger partial charge in [0.1, 0.15) is 0 Å². The summed E-state index contributed by atoms with van der Waals surface area (Å²) in [7, 11) is 0. The Bertz CT molecular complexity index is 542. The summed E-state index contributed by atoms with van der Waals surface area (Å²) in [6.45, 7) is 2.57. The molecule has 0 aliphatic rings. The number of anilines is 2. The van der Waals surface area contributed by atoms with E-state index in [0.29, 0.717) is 11.7 Å². The van der Waals surface area contributed by atoms with E-state index in [1.807, 2.05) is 37.3 Å². The highest BCUT2D eigenvalue weighted by Crippen LogP contribution is 2.17. The normalized spacial score (nSPS) is 10.4. The lowest BCUT2D eigenvalue weighted by Gasteiger charge is -2.20. The highest BCUT2D eigenvalue weighted by Gasteiger charge is 2.14. The number of rotatable bonds is 5. The molecule has 0 spiro atoms. The lowest BCUT2D eigenvalue weighted by Crippen LogP contribution is -2.32. The summed E-state index contributed by atoms with van der Waals surface area (Å²) in [4.78, 5) is 17.8. The van der Waals surface area contributed by atoms with E-state index in [4.69, 9.17) is 5.73 Å². The molecule has 1 aromatic heterocycles. The molecule has 7 heteroatoms. The van der Waals surface area contributed by atoms with Crippen LogP contribution < -0.4 is 10.6 Å². The van der Waals surface area contributed by atoms with Gasteiger partial charge in [-0.2, -0.15) is 4.98 Å². The van der Waals surface area contributed by atoms with Crippen molar-refractivity contribution in [2.24, 2.45) is 0 Å². The number of para-hydroxylation sites is 1. The fraction of sp³-hybridized carbons (Fsp3) is 0.250. The van der Waals surface area contributed by atoms with E-state index < -0.39 is 0 Å². The van der Waals surface area contributed by atoms with Crippen LogP contribution in [0, 0.1) is 0 Å². The van der Waals surface area contributed by atoms with E-state index in [2.05, 4.69) is 15.2 Å². The van der Waals surface area contributed by atoms with E-state index in [9.17, 15) is 4.79 Å². The smallest absolute Gasteiger partial charge is 0.237 e. The maximum atomic E-state index is 12.2. The first-order chi connectivity index (χ1) is 9.20. The molecule has 0 fully saturated rings. The second-order valence-corrected chi connectivity index (χ2v) is 4.71. The molecule has 1 heterocycles. The summed E-state index contributed by atoms with van der Waals surface area (Å²) in [6, 6.07) is 9.57. The molecule has 2 rings (SSSR count). The summed E-state index contributed by atoms with van der Waals surface area (Å²) >= 11 is 1.26. The maximum absolute atomic E-state index is 12.2. The SMILES string of the molecule is CCN(C(=O)CSc1n[nH]c(N)n1)c1ccccc1. The van der Waals surface area contributed by atoms with Gasteiger partial charge in [0.05, 0.1) is 5.75 Å². The number of aromatic amines is 1. The van der Waals surface area contributed by atoms with E-state index in [-0.39, 0.29) is 17.6 Å². The first kappa shape index (κ1) is 13.4. The van der Waals surface area contributed by atoms with Crippen LogP contribution in [0.15, 0.2) is 35.5 Å². The van der Waals surface area contributed by atoms with Crippen LogP contribution in [0.3, 0.4) is 0 Å². The standard InChI is InChI=1S/C12H15N5OS/c1-2-17(9-6-4-3-5-7-9)10(18)8-19-12-14-11(13)15-16-12/h3-7H,2,8H2,1H3,(H3,13,14,15,16). The minimum atomic E-state index is 0.0158. The number of hydrogen-bond acceptors (Lipinski definition) is 5. The molecule has 0 atom stereocenters. The number of nitrogens with one attached hydrogen (secondary N) is 1. The second-order valence-electron chi connectivity index (χ2n) is 3.77. The van der Waals surface area contributed by atoms with E-state index in [0.717, 1.165) is 5.69 Å². The third-order valence-corrected chi connectivity index (χ3v) is 3.32. The van der Waals surface area contributed by atoms with Crippen LogP contribution in [0.25, 0.3) is 0 Å². The minimum Gasteiger partial charge on any atom is -0.368 e. The first-order valence-electron chi connectivity index (χ1n) is 5.86. The number of hydrogen-bond donors (Lipinski definition) is 2. The number of carbonyl (C=O) groups excluding carboxylic acids is 1. The minimum absolute atomic E-state index is 0.0158. The number of nitrogens with two attached hydrogens (primary N) is 1. The molecule has 0 unspecified atom stereocenters. The molecule has 0 saturated heterocycles. The Hall–Kier alpha value is -2.02. The van der Waals surface area contributed by atoms with Crippen molar-refractivity contribution in [3.63, 3.8) is 0 Å². The molecule has 6 nitrogen and oxygen atoms in total. The Morgan fingerprint density at radius 3 is 2.74 bits per heavy atom. The van der Waals surface area contributed by atoms with Crippen molar-refractivity contribution in [3.8, 4) is 0 Å². The first-order valence-corrected chi connectivity index (χ1v) is 6.85. The summed E-state index contributed by atoms with van der Waals surface area (Å²) in [5.74, 6) is 0.549. The third kappa shape index (κ3) is 3.47. The Kier molecular flexibility index (Phi) is 4.40. The van der Waals surface area contributed by atoms with Gasteiger partial charge in [0.25, 0.3) is 0 Å². The van der Waals surface area contributed by atoms with Gasteiger partial charge in [-0.05, 0) is 19.1 Å². The zero-order chi connectivity index (χ0) is 13.7. The number of carbonyl (C=O) groups is 1. The van der Waals surface area contributed by atoms with Gasteiger partial charge < -0.3 is 10.6 Å². The largest absolute Gasteiger partial charge is 0.368 e. The predicted molar refractivity (Wildman–Crippen MR) is 76.0 cm³/mol. The van der Waals surface area contributed by atoms with Crippen molar-refractivity contribution in [3.05, 3.63) is 30.3 Å². The predicted octanol–water partition coefficient (Wildman–Crippen LogP) is 1.53. The van der Waals surface area contributed by atoms with Crippen molar-refractivity contribution in [1.29, 1.82) is 0 Å². The van der Waals surface area contributed by atoms with Crippen molar-refractivity contribution >= 4 is 29.3 Å². The van der Waals surface area contributed by atoms with Gasteiger partial charge >= 0.3 is 0 Å². The topological polar surface area (TPSA) is 87.9 Å². The number of thioether (sulfide) groups is 1. The monoisotopic (exact) mass is 277 g/mol. The molecule has 0 aliphatic carbocycles. The van der Waals surface area contributed by atoms with Crippen LogP contribution in [-0.2, 0) is 4.79 Å². The number of amides is 1. The molecule has 0 radical (unpaired) electrons. The van der Waals surface area contributed by atoms with Gasteiger partial charge in [0, 0.05) is 12.2 Å². The number of aromatic nitrogens is 3. The van der Waals surface area contributed by atoms with Crippen LogP contribution in [-0.4, -0.2) is 33.4 Å². The van der Waals surface area contributed by atoms with E-state index in [1.54, 1.807) is 4.90 Å². The molecule has 1 amide bonds. The Morgan fingerprint density at radius 2 is 2.16 bits per heavy atom. The fourth-order valence-electron chi connectivity index (χ4n) is 1.64. The molecular formula is C12H15N5OS. The highest BCUT2D eigenvalue weighted by atomic mass is 32.2. The molecule has 0 aliphatic heterocycles.